The summed E-state index contributed by atoms with van der Waals surface area (Å²) in [5, 5.41) is 12.0. The molecule has 3 heterocycles. The Hall–Kier alpha value is -3.39. The van der Waals surface area contributed by atoms with E-state index in [-0.39, 0.29) is 6.10 Å². The van der Waals surface area contributed by atoms with Gasteiger partial charge in [0, 0.05) is 48.7 Å². The smallest absolute Gasteiger partial charge is 0.227 e. The van der Waals surface area contributed by atoms with Crippen LogP contribution in [0.4, 0.5) is 11.6 Å². The van der Waals surface area contributed by atoms with Crippen LogP contribution in [0.2, 0.25) is 0 Å². The molecule has 7 nitrogen and oxygen atoms in total. The molecular formula is C22H23BN6O. The predicted octanol–water partition coefficient (Wildman–Crippen LogP) is 1.77. The van der Waals surface area contributed by atoms with Crippen LogP contribution >= 0.6 is 0 Å². The van der Waals surface area contributed by atoms with Crippen molar-refractivity contribution in [3.05, 3.63) is 55.0 Å². The van der Waals surface area contributed by atoms with Gasteiger partial charge >= 0.3 is 0 Å². The van der Waals surface area contributed by atoms with Crippen molar-refractivity contribution in [2.75, 3.05) is 18.4 Å². The fraction of sp³-hybridized carbons (Fsp3) is 0.227. The summed E-state index contributed by atoms with van der Waals surface area (Å²) in [4.78, 5) is 9.15. The number of hydrogen-bond acceptors (Lipinski definition) is 6. The van der Waals surface area contributed by atoms with E-state index in [0.717, 1.165) is 53.0 Å². The topological polar surface area (TPSA) is 76.9 Å². The van der Waals surface area contributed by atoms with Crippen LogP contribution in [0.25, 0.3) is 22.0 Å². The van der Waals surface area contributed by atoms with Gasteiger partial charge in [-0.2, -0.15) is 5.10 Å². The molecule has 0 radical (unpaired) electrons. The molecule has 2 aromatic carbocycles. The van der Waals surface area contributed by atoms with E-state index in [1.807, 2.05) is 37.8 Å². The molecule has 5 rings (SSSR count). The summed E-state index contributed by atoms with van der Waals surface area (Å²) in [7, 11) is 3.98. The number of anilines is 2. The number of rotatable bonds is 5. The minimum Gasteiger partial charge on any atom is -0.489 e. The first-order valence-electron chi connectivity index (χ1n) is 10.1. The van der Waals surface area contributed by atoms with Crippen LogP contribution in [-0.2, 0) is 7.05 Å². The molecule has 2 N–H and O–H groups in total. The first-order valence-corrected chi connectivity index (χ1v) is 10.1. The Bertz CT molecular complexity index is 1200. The van der Waals surface area contributed by atoms with Crippen molar-refractivity contribution in [3.63, 3.8) is 0 Å². The molecular weight excluding hydrogens is 375 g/mol. The number of benzene rings is 2. The minimum atomic E-state index is 0.183. The van der Waals surface area contributed by atoms with Crippen LogP contribution < -0.4 is 20.8 Å². The van der Waals surface area contributed by atoms with E-state index in [4.69, 9.17) is 4.74 Å². The van der Waals surface area contributed by atoms with Gasteiger partial charge in [0.15, 0.2) is 0 Å². The first kappa shape index (κ1) is 18.6. The molecule has 1 fully saturated rings. The second kappa shape index (κ2) is 7.80. The summed E-state index contributed by atoms with van der Waals surface area (Å²) in [6, 6.07) is 12.3. The van der Waals surface area contributed by atoms with E-state index in [0.29, 0.717) is 5.95 Å². The van der Waals surface area contributed by atoms with E-state index < -0.39 is 0 Å². The number of aryl methyl sites for hydroxylation is 1. The average molecular weight is 398 g/mol. The molecule has 8 heteroatoms. The third-order valence-electron chi connectivity index (χ3n) is 5.25. The van der Waals surface area contributed by atoms with Crippen molar-refractivity contribution in [1.82, 2.24) is 25.1 Å². The third-order valence-corrected chi connectivity index (χ3v) is 5.25. The Morgan fingerprint density at radius 3 is 2.90 bits per heavy atom. The van der Waals surface area contributed by atoms with Crippen LogP contribution in [0.15, 0.2) is 55.0 Å². The molecule has 1 saturated heterocycles. The Labute approximate surface area is 175 Å². The number of hydrogen-bond donors (Lipinski definition) is 2. The van der Waals surface area contributed by atoms with Gasteiger partial charge < -0.3 is 15.4 Å². The highest BCUT2D eigenvalue weighted by molar-refractivity contribution is 6.33. The first-order chi connectivity index (χ1) is 14.6. The molecule has 1 aliphatic heterocycles. The van der Waals surface area contributed by atoms with E-state index in [1.165, 1.54) is 5.46 Å². The maximum Gasteiger partial charge on any atom is 0.227 e. The summed E-state index contributed by atoms with van der Waals surface area (Å²) in [6.07, 6.45) is 6.89. The van der Waals surface area contributed by atoms with E-state index >= 15 is 0 Å². The molecule has 2 aromatic heterocycles. The zero-order valence-corrected chi connectivity index (χ0v) is 17.1. The second-order valence-electron chi connectivity index (χ2n) is 7.76. The predicted molar refractivity (Wildman–Crippen MR) is 122 cm³/mol. The lowest BCUT2D eigenvalue weighted by Gasteiger charge is -2.15. The van der Waals surface area contributed by atoms with Gasteiger partial charge in [-0.25, -0.2) is 9.97 Å². The number of nitrogens with one attached hydrogen (secondary N) is 2. The lowest BCUT2D eigenvalue weighted by Crippen LogP contribution is -2.19. The maximum absolute atomic E-state index is 6.24. The molecule has 1 atom stereocenters. The standard InChI is InChI=1S/C22H23BN6O/c1-29-13-16(11-26-29)14-7-18(9-20(8-14)30-19-4-5-24-12-19)27-22-25-10-15-6-17(23)2-3-21(15)28-22/h2-3,6-11,13,19,24H,4-5,12,23H2,1H3,(H,25,27,28). The van der Waals surface area contributed by atoms with Crippen molar-refractivity contribution >= 4 is 35.8 Å². The van der Waals surface area contributed by atoms with Crippen LogP contribution in [-0.4, -0.2) is 46.8 Å². The van der Waals surface area contributed by atoms with Crippen LogP contribution in [0.5, 0.6) is 5.75 Å². The summed E-state index contributed by atoms with van der Waals surface area (Å²) >= 11 is 0. The Balaban J connectivity index is 1.48. The van der Waals surface area contributed by atoms with Crippen LogP contribution in [0, 0.1) is 0 Å². The number of fused-ring (bicyclic) bond motifs is 1. The van der Waals surface area contributed by atoms with E-state index in [2.05, 4.69) is 57.8 Å². The van der Waals surface area contributed by atoms with Crippen molar-refractivity contribution < 1.29 is 4.74 Å². The molecule has 150 valence electrons. The monoisotopic (exact) mass is 398 g/mol. The number of nitrogens with zero attached hydrogens (tertiary/aromatic N) is 4. The summed E-state index contributed by atoms with van der Waals surface area (Å²) in [5.41, 5.74) is 5.05. The molecule has 0 saturated carbocycles. The largest absolute Gasteiger partial charge is 0.489 e. The van der Waals surface area contributed by atoms with Crippen molar-refractivity contribution in [1.29, 1.82) is 0 Å². The molecule has 0 spiro atoms. The van der Waals surface area contributed by atoms with Gasteiger partial charge in [-0.15, -0.1) is 0 Å². The normalized spacial score (nSPS) is 16.1. The number of ether oxygens (including phenoxy) is 1. The zero-order valence-electron chi connectivity index (χ0n) is 17.1. The quantitative estimate of drug-likeness (QED) is 0.499. The highest BCUT2D eigenvalue weighted by Crippen LogP contribution is 2.30. The highest BCUT2D eigenvalue weighted by atomic mass is 16.5. The SMILES string of the molecule is Bc1ccc2nc(Nc3cc(OC4CCNC4)cc(-c4cnn(C)c4)c3)ncc2c1. The number of aromatic nitrogens is 4. The highest BCUT2D eigenvalue weighted by Gasteiger charge is 2.17. The van der Waals surface area contributed by atoms with Crippen LogP contribution in [0.1, 0.15) is 6.42 Å². The fourth-order valence-electron chi connectivity index (χ4n) is 3.74. The summed E-state index contributed by atoms with van der Waals surface area (Å²) in [5.74, 6) is 1.38. The van der Waals surface area contributed by atoms with E-state index in [1.54, 1.807) is 4.68 Å². The van der Waals surface area contributed by atoms with Gasteiger partial charge in [0.05, 0.1) is 11.7 Å². The molecule has 1 unspecified atom stereocenters. The summed E-state index contributed by atoms with van der Waals surface area (Å²) < 4.78 is 8.03. The third kappa shape index (κ3) is 4.00. The Morgan fingerprint density at radius 1 is 1.17 bits per heavy atom. The van der Waals surface area contributed by atoms with Gasteiger partial charge in [-0.3, -0.25) is 4.68 Å². The van der Waals surface area contributed by atoms with Gasteiger partial charge in [0.25, 0.3) is 0 Å². The Morgan fingerprint density at radius 2 is 2.10 bits per heavy atom. The molecule has 0 aliphatic carbocycles. The van der Waals surface area contributed by atoms with Crippen molar-refractivity contribution in [2.24, 2.45) is 7.05 Å². The van der Waals surface area contributed by atoms with Gasteiger partial charge in [0.2, 0.25) is 5.95 Å². The van der Waals surface area contributed by atoms with E-state index in [9.17, 15) is 0 Å². The van der Waals surface area contributed by atoms with Gasteiger partial charge in [-0.05, 0) is 36.7 Å². The van der Waals surface area contributed by atoms with Crippen molar-refractivity contribution in [3.8, 4) is 16.9 Å². The lowest BCUT2D eigenvalue weighted by molar-refractivity contribution is 0.223. The molecule has 1 aliphatic rings. The van der Waals surface area contributed by atoms with Gasteiger partial charge in [-0.1, -0.05) is 17.6 Å². The summed E-state index contributed by atoms with van der Waals surface area (Å²) in [6.45, 7) is 1.86. The minimum absolute atomic E-state index is 0.183. The maximum atomic E-state index is 6.24. The fourth-order valence-corrected chi connectivity index (χ4v) is 3.74. The molecule has 0 amide bonds. The lowest BCUT2D eigenvalue weighted by atomic mass is 9.95. The average Bonchev–Trinajstić information content (AvgIpc) is 3.40. The Kier molecular flexibility index (Phi) is 4.84. The molecule has 30 heavy (non-hydrogen) atoms. The van der Waals surface area contributed by atoms with Gasteiger partial charge in [0.1, 0.15) is 19.7 Å². The molecule has 0 bridgehead atoms. The second-order valence-corrected chi connectivity index (χ2v) is 7.76. The molecule has 4 aromatic rings. The zero-order chi connectivity index (χ0) is 20.5. The van der Waals surface area contributed by atoms with Crippen LogP contribution in [0.3, 0.4) is 0 Å². The van der Waals surface area contributed by atoms with Crippen molar-refractivity contribution in [2.45, 2.75) is 12.5 Å².